The van der Waals surface area contributed by atoms with E-state index < -0.39 is 0 Å². The molecule has 1 heterocycles. The monoisotopic (exact) mass is 606 g/mol. The van der Waals surface area contributed by atoms with Gasteiger partial charge in [0, 0.05) is 22.8 Å². The van der Waals surface area contributed by atoms with Gasteiger partial charge in [-0.2, -0.15) is 9.64 Å². The molecular weight excluding hydrogens is 584 g/mol. The summed E-state index contributed by atoms with van der Waals surface area (Å²) in [5, 5.41) is 81.9. The Morgan fingerprint density at radius 3 is 1.62 bits per heavy atom. The Bertz CT molecular complexity index is 1720. The standard InChI is InChI=1S/C14H10N2O4S.C7H7NO2S.C7H5NO2/c17-9-3-1-7(5-11(9)19)13-15-14(21-16-13)8-2-4-10(18)12(20)6-8;8-7(11)4-1-2-5(9)6(10)3-4;8-4-5-1-2-6(9)7(10)3-5/h1-6,17-20H;1-3,9-10H,(H2,8,11);1-3,9-10H. The lowest BCUT2D eigenvalue weighted by molar-refractivity contribution is 0.403. The first-order valence-electron chi connectivity index (χ1n) is 11.5. The van der Waals surface area contributed by atoms with Crippen LogP contribution in [-0.4, -0.2) is 55.2 Å². The van der Waals surface area contributed by atoms with Gasteiger partial charge < -0.3 is 46.6 Å². The van der Waals surface area contributed by atoms with Gasteiger partial charge in [-0.25, -0.2) is 4.98 Å². The Morgan fingerprint density at radius 1 is 0.643 bits per heavy atom. The average Bonchev–Trinajstić information content (AvgIpc) is 3.46. The molecule has 0 unspecified atom stereocenters. The van der Waals surface area contributed by atoms with Crippen molar-refractivity contribution in [2.45, 2.75) is 0 Å². The third-order valence-corrected chi connectivity index (χ3v) is 6.25. The van der Waals surface area contributed by atoms with Gasteiger partial charge in [0.1, 0.15) is 10.00 Å². The van der Waals surface area contributed by atoms with Crippen molar-refractivity contribution in [2.75, 3.05) is 0 Å². The van der Waals surface area contributed by atoms with Crippen molar-refractivity contribution in [3.8, 4) is 74.0 Å². The minimum absolute atomic E-state index is 0.176. The molecular formula is C28H22N4O8S2. The zero-order valence-electron chi connectivity index (χ0n) is 21.2. The summed E-state index contributed by atoms with van der Waals surface area (Å²) in [7, 11) is 0. The molecule has 0 aliphatic rings. The molecule has 0 fully saturated rings. The molecule has 5 rings (SSSR count). The number of benzene rings is 4. The highest BCUT2D eigenvalue weighted by atomic mass is 32.1. The number of phenols is 8. The van der Waals surface area contributed by atoms with Crippen LogP contribution in [0.25, 0.3) is 22.0 Å². The lowest BCUT2D eigenvalue weighted by Crippen LogP contribution is -2.08. The predicted molar refractivity (Wildman–Crippen MR) is 158 cm³/mol. The third kappa shape index (κ3) is 7.88. The van der Waals surface area contributed by atoms with Gasteiger partial charge in [0.15, 0.2) is 51.8 Å². The van der Waals surface area contributed by atoms with E-state index in [4.69, 9.17) is 31.4 Å². The number of phenolic OH excluding ortho intramolecular Hbond substituents is 8. The molecule has 1 aromatic heterocycles. The highest BCUT2D eigenvalue weighted by Gasteiger charge is 2.12. The molecule has 12 nitrogen and oxygen atoms in total. The van der Waals surface area contributed by atoms with Crippen LogP contribution in [0.5, 0.6) is 46.0 Å². The zero-order chi connectivity index (χ0) is 31.0. The maximum absolute atomic E-state index is 9.50. The number of hydrogen-bond acceptors (Lipinski definition) is 13. The van der Waals surface area contributed by atoms with E-state index >= 15 is 0 Å². The van der Waals surface area contributed by atoms with Crippen LogP contribution < -0.4 is 5.73 Å². The summed E-state index contributed by atoms with van der Waals surface area (Å²) >= 11 is 5.77. The van der Waals surface area contributed by atoms with Crippen molar-refractivity contribution in [3.63, 3.8) is 0 Å². The number of rotatable bonds is 3. The quantitative estimate of drug-likeness (QED) is 0.102. The number of aromatic hydroxyl groups is 8. The fourth-order valence-electron chi connectivity index (χ4n) is 3.05. The summed E-state index contributed by atoms with van der Waals surface area (Å²) in [6, 6.07) is 18.6. The normalized spacial score (nSPS) is 9.88. The van der Waals surface area contributed by atoms with Crippen LogP contribution in [0.2, 0.25) is 0 Å². The molecule has 0 radical (unpaired) electrons. The zero-order valence-corrected chi connectivity index (χ0v) is 22.9. The Balaban J connectivity index is 0.000000194. The lowest BCUT2D eigenvalue weighted by Gasteiger charge is -2.00. The SMILES string of the molecule is N#Cc1ccc(O)c(O)c1.NC(=S)c1ccc(O)c(O)c1.Oc1ccc(-c2nsc(-c3ccc(O)c(O)c3)n2)cc1O. The molecule has 5 aromatic rings. The van der Waals surface area contributed by atoms with E-state index in [1.165, 1.54) is 60.7 Å². The first kappa shape index (κ1) is 30.8. The molecule has 10 N–H and O–H groups in total. The van der Waals surface area contributed by atoms with Crippen molar-refractivity contribution in [2.24, 2.45) is 5.73 Å². The van der Waals surface area contributed by atoms with Gasteiger partial charge in [-0.1, -0.05) is 12.2 Å². The highest BCUT2D eigenvalue weighted by Crippen LogP contribution is 2.34. The fraction of sp³-hybridized carbons (Fsp3) is 0. The number of nitrogens with two attached hydrogens (primary N) is 1. The van der Waals surface area contributed by atoms with Crippen LogP contribution in [0.1, 0.15) is 11.1 Å². The number of hydrogen-bond donors (Lipinski definition) is 9. The smallest absolute Gasteiger partial charge is 0.173 e. The Morgan fingerprint density at radius 2 is 1.12 bits per heavy atom. The minimum atomic E-state index is -0.265. The van der Waals surface area contributed by atoms with Gasteiger partial charge in [-0.05, 0) is 78.3 Å². The van der Waals surface area contributed by atoms with Crippen molar-refractivity contribution in [1.29, 1.82) is 5.26 Å². The largest absolute Gasteiger partial charge is 0.504 e. The van der Waals surface area contributed by atoms with Crippen LogP contribution >= 0.6 is 23.8 Å². The van der Waals surface area contributed by atoms with E-state index in [1.54, 1.807) is 12.1 Å². The van der Waals surface area contributed by atoms with Crippen molar-refractivity contribution in [3.05, 3.63) is 83.9 Å². The summed E-state index contributed by atoms with van der Waals surface area (Å²) in [6.07, 6.45) is 0. The van der Waals surface area contributed by atoms with E-state index in [1.807, 2.05) is 6.07 Å². The van der Waals surface area contributed by atoms with Gasteiger partial charge in [0.25, 0.3) is 0 Å². The van der Waals surface area contributed by atoms with E-state index in [0.29, 0.717) is 33.1 Å². The van der Waals surface area contributed by atoms with E-state index in [0.717, 1.165) is 11.5 Å². The molecule has 42 heavy (non-hydrogen) atoms. The Labute approximate surface area is 247 Å². The molecule has 0 saturated carbocycles. The van der Waals surface area contributed by atoms with Crippen molar-refractivity contribution < 1.29 is 40.9 Å². The fourth-order valence-corrected chi connectivity index (χ4v) is 3.85. The number of nitrogens with zero attached hydrogens (tertiary/aromatic N) is 3. The van der Waals surface area contributed by atoms with Gasteiger partial charge in [0.05, 0.1) is 11.6 Å². The molecule has 0 saturated heterocycles. The van der Waals surface area contributed by atoms with Gasteiger partial charge >= 0.3 is 0 Å². The second-order valence-corrected chi connectivity index (χ2v) is 9.40. The van der Waals surface area contributed by atoms with Crippen LogP contribution in [0, 0.1) is 11.3 Å². The molecule has 4 aromatic carbocycles. The van der Waals surface area contributed by atoms with E-state index in [2.05, 4.69) is 21.6 Å². The second-order valence-electron chi connectivity index (χ2n) is 8.21. The van der Waals surface area contributed by atoms with Gasteiger partial charge in [0.2, 0.25) is 0 Å². The van der Waals surface area contributed by atoms with Crippen LogP contribution in [0.4, 0.5) is 0 Å². The lowest BCUT2D eigenvalue weighted by atomic mass is 10.2. The molecule has 0 amide bonds. The molecule has 214 valence electrons. The maximum atomic E-state index is 9.50. The number of thiocarbonyl (C=S) groups is 1. The number of nitriles is 1. The van der Waals surface area contributed by atoms with Crippen molar-refractivity contribution in [1.82, 2.24) is 9.36 Å². The van der Waals surface area contributed by atoms with Gasteiger partial charge in [-0.15, -0.1) is 0 Å². The summed E-state index contributed by atoms with van der Waals surface area (Å²) in [5.74, 6) is -1.35. The third-order valence-electron chi connectivity index (χ3n) is 5.25. The topological polar surface area (TPSA) is 237 Å². The van der Waals surface area contributed by atoms with Crippen molar-refractivity contribution >= 4 is 28.7 Å². The molecule has 14 heteroatoms. The van der Waals surface area contributed by atoms with Crippen LogP contribution in [-0.2, 0) is 0 Å². The number of aromatic nitrogens is 2. The first-order valence-corrected chi connectivity index (χ1v) is 12.7. The molecule has 0 bridgehead atoms. The van der Waals surface area contributed by atoms with Crippen LogP contribution in [0.15, 0.2) is 72.8 Å². The molecule has 0 aliphatic carbocycles. The minimum Gasteiger partial charge on any atom is -0.504 e. The Kier molecular flexibility index (Phi) is 9.90. The maximum Gasteiger partial charge on any atom is 0.173 e. The van der Waals surface area contributed by atoms with Gasteiger partial charge in [-0.3, -0.25) is 0 Å². The molecule has 0 spiro atoms. The highest BCUT2D eigenvalue weighted by molar-refractivity contribution is 7.80. The van der Waals surface area contributed by atoms with E-state index in [9.17, 15) is 20.4 Å². The summed E-state index contributed by atoms with van der Waals surface area (Å²) < 4.78 is 4.18. The Hall–Kier alpha value is -5.78. The van der Waals surface area contributed by atoms with Crippen LogP contribution in [0.3, 0.4) is 0 Å². The first-order chi connectivity index (χ1) is 19.9. The summed E-state index contributed by atoms with van der Waals surface area (Å²) in [4.78, 5) is 4.51. The second kappa shape index (κ2) is 13.5. The predicted octanol–water partition coefficient (Wildman–Crippen LogP) is 4.40. The average molecular weight is 607 g/mol. The summed E-state index contributed by atoms with van der Waals surface area (Å²) in [5.41, 5.74) is 7.33. The molecule has 0 atom stereocenters. The molecule has 0 aliphatic heterocycles. The van der Waals surface area contributed by atoms with E-state index in [-0.39, 0.29) is 51.0 Å². The summed E-state index contributed by atoms with van der Waals surface area (Å²) in [6.45, 7) is 0.